The van der Waals surface area contributed by atoms with Gasteiger partial charge in [0, 0.05) is 37.6 Å². The molecule has 8 heteroatoms. The van der Waals surface area contributed by atoms with Crippen molar-refractivity contribution in [2.75, 3.05) is 45.8 Å². The number of hydrogen-bond donors (Lipinski definition) is 3. The van der Waals surface area contributed by atoms with E-state index in [0.29, 0.717) is 12.1 Å². The summed E-state index contributed by atoms with van der Waals surface area (Å²) >= 11 is 0. The second-order valence-corrected chi connectivity index (χ2v) is 11.3. The molecule has 1 aromatic heterocycles. The molecule has 0 saturated heterocycles. The smallest absolute Gasteiger partial charge is 0.251 e. The van der Waals surface area contributed by atoms with Crippen molar-refractivity contribution in [1.82, 2.24) is 30.4 Å². The van der Waals surface area contributed by atoms with E-state index in [9.17, 15) is 4.79 Å². The third kappa shape index (κ3) is 11.4. The minimum Gasteiger partial charge on any atom is -0.371 e. The minimum absolute atomic E-state index is 0.00461. The molecule has 8 nitrogen and oxygen atoms in total. The number of amides is 1. The molecule has 0 bridgehead atoms. The second-order valence-electron chi connectivity index (χ2n) is 11.3. The first-order valence-electron chi connectivity index (χ1n) is 14.5. The Morgan fingerprint density at radius 3 is 2.29 bits per heavy atom. The number of unbranched alkanes of at least 4 members (excludes halogenated alkanes) is 1. The number of rotatable bonds is 18. The number of aromatic nitrogens is 2. The number of H-pyrrole nitrogens is 1. The van der Waals surface area contributed by atoms with Crippen molar-refractivity contribution < 1.29 is 4.79 Å². The zero-order chi connectivity index (χ0) is 27.2. The summed E-state index contributed by atoms with van der Waals surface area (Å²) in [5.41, 5.74) is 1.87. The van der Waals surface area contributed by atoms with Gasteiger partial charge in [-0.2, -0.15) is 0 Å². The average Bonchev–Trinajstić information content (AvgIpc) is 3.59. The Kier molecular flexibility index (Phi) is 12.8. The van der Waals surface area contributed by atoms with E-state index in [-0.39, 0.29) is 5.91 Å². The number of imidazole rings is 1. The summed E-state index contributed by atoms with van der Waals surface area (Å²) in [6.07, 6.45) is 8.24. The maximum atomic E-state index is 12.7. The molecule has 1 aliphatic heterocycles. The molecule has 0 saturated carbocycles. The summed E-state index contributed by atoms with van der Waals surface area (Å²) < 4.78 is 0. The van der Waals surface area contributed by atoms with Gasteiger partial charge in [0.1, 0.15) is 11.7 Å². The van der Waals surface area contributed by atoms with Crippen molar-refractivity contribution in [2.24, 2.45) is 16.8 Å². The SMILES string of the molecule is CC(C)CCN(CCCCNC(=O)c1ccc(CN(CC2=NCCN2)Cc2ncc[nH]2)cc1)CCC(C)C. The number of aliphatic imine (C=N–C) groups is 1. The van der Waals surface area contributed by atoms with Gasteiger partial charge in [0.2, 0.25) is 0 Å². The highest BCUT2D eigenvalue weighted by Gasteiger charge is 2.15. The third-order valence-electron chi connectivity index (χ3n) is 6.90. The molecule has 210 valence electrons. The maximum Gasteiger partial charge on any atom is 0.251 e. The van der Waals surface area contributed by atoms with E-state index in [4.69, 9.17) is 0 Å². The lowest BCUT2D eigenvalue weighted by molar-refractivity contribution is 0.0952. The molecule has 0 fully saturated rings. The Morgan fingerprint density at radius 2 is 1.68 bits per heavy atom. The number of carbonyl (C=O) groups is 1. The summed E-state index contributed by atoms with van der Waals surface area (Å²) in [6, 6.07) is 7.96. The van der Waals surface area contributed by atoms with Crippen molar-refractivity contribution >= 4 is 11.7 Å². The molecule has 0 aliphatic carbocycles. The van der Waals surface area contributed by atoms with Crippen LogP contribution in [-0.4, -0.2) is 77.3 Å². The molecule has 0 unspecified atom stereocenters. The fourth-order valence-corrected chi connectivity index (χ4v) is 4.53. The predicted octanol–water partition coefficient (Wildman–Crippen LogP) is 4.32. The molecule has 1 amide bonds. The predicted molar refractivity (Wildman–Crippen MR) is 156 cm³/mol. The van der Waals surface area contributed by atoms with Crippen molar-refractivity contribution in [2.45, 2.75) is 66.5 Å². The fourth-order valence-electron chi connectivity index (χ4n) is 4.53. The summed E-state index contributed by atoms with van der Waals surface area (Å²) in [5.74, 6) is 3.43. The monoisotopic (exact) mass is 523 g/mol. The number of aromatic amines is 1. The molecule has 0 atom stereocenters. The molecule has 1 aliphatic rings. The highest BCUT2D eigenvalue weighted by molar-refractivity contribution is 5.94. The summed E-state index contributed by atoms with van der Waals surface area (Å²) in [5, 5.41) is 6.46. The average molecular weight is 524 g/mol. The van der Waals surface area contributed by atoms with Crippen LogP contribution < -0.4 is 10.6 Å². The Balaban J connectivity index is 1.41. The number of hydrogen-bond acceptors (Lipinski definition) is 6. The van der Waals surface area contributed by atoms with Gasteiger partial charge in [0.25, 0.3) is 5.91 Å². The number of nitrogens with zero attached hydrogens (tertiary/aromatic N) is 4. The first-order valence-corrected chi connectivity index (χ1v) is 14.5. The van der Waals surface area contributed by atoms with Gasteiger partial charge < -0.3 is 20.5 Å². The normalized spacial score (nSPS) is 13.5. The van der Waals surface area contributed by atoms with Crippen LogP contribution in [0.25, 0.3) is 0 Å². The number of nitrogens with one attached hydrogen (secondary N) is 3. The van der Waals surface area contributed by atoms with Gasteiger partial charge in [-0.25, -0.2) is 4.98 Å². The number of benzene rings is 1. The molecule has 38 heavy (non-hydrogen) atoms. The summed E-state index contributed by atoms with van der Waals surface area (Å²) in [4.78, 5) is 29.7. The van der Waals surface area contributed by atoms with E-state index in [0.717, 1.165) is 81.2 Å². The van der Waals surface area contributed by atoms with Crippen molar-refractivity contribution in [3.63, 3.8) is 0 Å². The lowest BCUT2D eigenvalue weighted by atomic mass is 10.1. The van der Waals surface area contributed by atoms with Gasteiger partial charge in [-0.05, 0) is 74.8 Å². The van der Waals surface area contributed by atoms with Crippen molar-refractivity contribution in [1.29, 1.82) is 0 Å². The molecule has 3 N–H and O–H groups in total. The Labute approximate surface area is 229 Å². The van der Waals surface area contributed by atoms with Gasteiger partial charge >= 0.3 is 0 Å². The fraction of sp³-hybridized carbons (Fsp3) is 0.633. The van der Waals surface area contributed by atoms with Gasteiger partial charge in [0.05, 0.1) is 19.6 Å². The number of carbonyl (C=O) groups excluding carboxylic acids is 1. The molecule has 0 radical (unpaired) electrons. The van der Waals surface area contributed by atoms with Crippen LogP contribution in [0.5, 0.6) is 0 Å². The van der Waals surface area contributed by atoms with Gasteiger partial charge in [-0.3, -0.25) is 14.7 Å². The largest absolute Gasteiger partial charge is 0.371 e. The standard InChI is InChI=1S/C30H49N7O/c1-24(2)11-19-36(20-12-25(3)4)18-6-5-13-35-30(38)27-9-7-26(8-10-27)21-37(22-28-31-14-15-32-28)23-29-33-16-17-34-29/h7-10,14-15,24-25H,5-6,11-13,16-23H2,1-4H3,(H,31,32)(H,33,34)(H,35,38). The summed E-state index contributed by atoms with van der Waals surface area (Å²) in [7, 11) is 0. The van der Waals surface area contributed by atoms with Crippen LogP contribution in [0.4, 0.5) is 0 Å². The van der Waals surface area contributed by atoms with Gasteiger partial charge in [-0.1, -0.05) is 39.8 Å². The lowest BCUT2D eigenvalue weighted by Gasteiger charge is -2.24. The van der Waals surface area contributed by atoms with Gasteiger partial charge in [0.15, 0.2) is 0 Å². The third-order valence-corrected chi connectivity index (χ3v) is 6.90. The lowest BCUT2D eigenvalue weighted by Crippen LogP contribution is -2.34. The topological polar surface area (TPSA) is 88.7 Å². The maximum absolute atomic E-state index is 12.7. The quantitative estimate of drug-likeness (QED) is 0.253. The van der Waals surface area contributed by atoms with Crippen LogP contribution in [0.15, 0.2) is 41.7 Å². The van der Waals surface area contributed by atoms with Crippen LogP contribution in [0, 0.1) is 11.8 Å². The molecular weight excluding hydrogens is 474 g/mol. The van der Waals surface area contributed by atoms with E-state index in [2.05, 4.69) is 75.2 Å². The van der Waals surface area contributed by atoms with E-state index in [1.807, 2.05) is 18.3 Å². The molecular formula is C30H49N7O. The summed E-state index contributed by atoms with van der Waals surface area (Å²) in [6.45, 7) is 17.3. The molecule has 3 rings (SSSR count). The van der Waals surface area contributed by atoms with Crippen molar-refractivity contribution in [3.8, 4) is 0 Å². The zero-order valence-corrected chi connectivity index (χ0v) is 24.0. The van der Waals surface area contributed by atoms with Crippen LogP contribution in [0.1, 0.15) is 75.1 Å². The first kappa shape index (κ1) is 29.8. The van der Waals surface area contributed by atoms with Crippen LogP contribution in [0.3, 0.4) is 0 Å². The molecule has 2 heterocycles. The Bertz CT molecular complexity index is 941. The molecule has 2 aromatic rings. The van der Waals surface area contributed by atoms with E-state index in [1.165, 1.54) is 25.9 Å². The second kappa shape index (κ2) is 16.3. The van der Waals surface area contributed by atoms with E-state index in [1.54, 1.807) is 6.20 Å². The van der Waals surface area contributed by atoms with Crippen LogP contribution >= 0.6 is 0 Å². The van der Waals surface area contributed by atoms with Crippen LogP contribution in [-0.2, 0) is 13.1 Å². The number of amidine groups is 1. The highest BCUT2D eigenvalue weighted by atomic mass is 16.1. The first-order chi connectivity index (χ1) is 18.4. The Hall–Kier alpha value is -2.71. The zero-order valence-electron chi connectivity index (χ0n) is 24.0. The van der Waals surface area contributed by atoms with E-state index >= 15 is 0 Å². The van der Waals surface area contributed by atoms with Crippen LogP contribution in [0.2, 0.25) is 0 Å². The van der Waals surface area contributed by atoms with Gasteiger partial charge in [-0.15, -0.1) is 0 Å². The Morgan fingerprint density at radius 1 is 0.947 bits per heavy atom. The van der Waals surface area contributed by atoms with Crippen molar-refractivity contribution in [3.05, 3.63) is 53.6 Å². The van der Waals surface area contributed by atoms with E-state index < -0.39 is 0 Å². The minimum atomic E-state index is 0.00461. The highest BCUT2D eigenvalue weighted by Crippen LogP contribution is 2.11. The molecule has 0 spiro atoms. The molecule has 1 aromatic carbocycles.